The Morgan fingerprint density at radius 2 is 2.19 bits per heavy atom. The molecule has 0 saturated carbocycles. The summed E-state index contributed by atoms with van der Waals surface area (Å²) < 4.78 is 4.20. The highest BCUT2D eigenvalue weighted by molar-refractivity contribution is 5.09. The van der Waals surface area contributed by atoms with Crippen LogP contribution in [0.4, 0.5) is 0 Å². The fourth-order valence-corrected chi connectivity index (χ4v) is 1.84. The smallest absolute Gasteiger partial charge is 0.0948 e. The topological polar surface area (TPSA) is 43.0 Å². The van der Waals surface area contributed by atoms with Crippen molar-refractivity contribution in [3.63, 3.8) is 0 Å². The summed E-state index contributed by atoms with van der Waals surface area (Å²) in [7, 11) is 0. The van der Waals surface area contributed by atoms with Crippen LogP contribution in [-0.2, 0) is 19.7 Å². The largest absolute Gasteiger partial charge is 0.390 e. The van der Waals surface area contributed by atoms with Crippen LogP contribution in [0.3, 0.4) is 0 Å². The van der Waals surface area contributed by atoms with Gasteiger partial charge < -0.3 is 14.2 Å². The van der Waals surface area contributed by atoms with E-state index in [0.717, 1.165) is 25.2 Å². The molecule has 0 saturated heterocycles. The minimum Gasteiger partial charge on any atom is -0.390 e. The molecular formula is C12H17N3O. The van der Waals surface area contributed by atoms with Gasteiger partial charge in [-0.25, -0.2) is 4.98 Å². The normalized spacial score (nSPS) is 10.9. The van der Waals surface area contributed by atoms with Crippen molar-refractivity contribution in [3.8, 4) is 0 Å². The number of nitrogens with zero attached hydrogens (tertiary/aromatic N) is 3. The first-order valence-corrected chi connectivity index (χ1v) is 5.59. The Kier molecular flexibility index (Phi) is 3.41. The van der Waals surface area contributed by atoms with Gasteiger partial charge in [0.1, 0.15) is 0 Å². The molecule has 0 amide bonds. The van der Waals surface area contributed by atoms with Crippen molar-refractivity contribution in [3.05, 3.63) is 42.2 Å². The highest BCUT2D eigenvalue weighted by Crippen LogP contribution is 2.08. The molecule has 0 aliphatic heterocycles. The van der Waals surface area contributed by atoms with Crippen LogP contribution >= 0.6 is 0 Å². The molecule has 1 N–H and O–H groups in total. The molecule has 16 heavy (non-hydrogen) atoms. The molecule has 0 aliphatic carbocycles. The Hall–Kier alpha value is -1.55. The summed E-state index contributed by atoms with van der Waals surface area (Å²) in [6.07, 6.45) is 6.83. The van der Waals surface area contributed by atoms with Crippen LogP contribution < -0.4 is 0 Å². The van der Waals surface area contributed by atoms with E-state index in [2.05, 4.69) is 16.5 Å². The van der Waals surface area contributed by atoms with Crippen LogP contribution in [0.15, 0.2) is 30.9 Å². The molecule has 0 fully saturated rings. The summed E-state index contributed by atoms with van der Waals surface area (Å²) in [5.41, 5.74) is 2.11. The van der Waals surface area contributed by atoms with Crippen LogP contribution in [-0.4, -0.2) is 19.2 Å². The van der Waals surface area contributed by atoms with E-state index in [1.165, 1.54) is 5.69 Å². The molecule has 0 radical (unpaired) electrons. The van der Waals surface area contributed by atoms with Gasteiger partial charge in [0.25, 0.3) is 0 Å². The fraction of sp³-hybridized carbons (Fsp3) is 0.417. The van der Waals surface area contributed by atoms with Gasteiger partial charge in [-0.1, -0.05) is 6.92 Å². The Balaban J connectivity index is 2.17. The van der Waals surface area contributed by atoms with Crippen molar-refractivity contribution in [2.45, 2.75) is 33.0 Å². The predicted molar refractivity (Wildman–Crippen MR) is 62.0 cm³/mol. The zero-order valence-electron chi connectivity index (χ0n) is 9.50. The second-order valence-electron chi connectivity index (χ2n) is 3.86. The van der Waals surface area contributed by atoms with Gasteiger partial charge in [0, 0.05) is 24.6 Å². The highest BCUT2D eigenvalue weighted by atomic mass is 16.3. The second kappa shape index (κ2) is 4.99. The minimum absolute atomic E-state index is 0.0783. The first kappa shape index (κ1) is 11.0. The van der Waals surface area contributed by atoms with Gasteiger partial charge in [0.15, 0.2) is 0 Å². The Morgan fingerprint density at radius 1 is 1.31 bits per heavy atom. The van der Waals surface area contributed by atoms with E-state index in [9.17, 15) is 0 Å². The van der Waals surface area contributed by atoms with Crippen molar-refractivity contribution in [1.29, 1.82) is 0 Å². The molecule has 2 heterocycles. The molecule has 2 aromatic heterocycles. The summed E-state index contributed by atoms with van der Waals surface area (Å²) in [5.74, 6) is 0. The summed E-state index contributed by atoms with van der Waals surface area (Å²) in [6, 6.07) is 3.88. The summed E-state index contributed by atoms with van der Waals surface area (Å²) in [6.45, 7) is 3.99. The zero-order chi connectivity index (χ0) is 11.4. The van der Waals surface area contributed by atoms with Gasteiger partial charge >= 0.3 is 0 Å². The van der Waals surface area contributed by atoms with E-state index in [1.807, 2.05) is 35.4 Å². The van der Waals surface area contributed by atoms with Crippen molar-refractivity contribution in [2.24, 2.45) is 0 Å². The molecule has 0 aromatic carbocycles. The van der Waals surface area contributed by atoms with E-state index >= 15 is 0 Å². The van der Waals surface area contributed by atoms with Crippen LogP contribution in [0, 0.1) is 0 Å². The van der Waals surface area contributed by atoms with Gasteiger partial charge in [-0.05, 0) is 18.6 Å². The number of imidazole rings is 1. The van der Waals surface area contributed by atoms with E-state index in [-0.39, 0.29) is 6.61 Å². The molecule has 0 spiro atoms. The monoisotopic (exact) mass is 219 g/mol. The minimum atomic E-state index is 0.0783. The quantitative estimate of drug-likeness (QED) is 0.830. The Labute approximate surface area is 95.2 Å². The van der Waals surface area contributed by atoms with Crippen molar-refractivity contribution >= 4 is 0 Å². The number of aliphatic hydroxyl groups excluding tert-OH is 1. The number of hydrogen-bond acceptors (Lipinski definition) is 2. The van der Waals surface area contributed by atoms with Crippen molar-refractivity contribution in [1.82, 2.24) is 14.1 Å². The number of aliphatic hydroxyl groups is 1. The van der Waals surface area contributed by atoms with E-state index < -0.39 is 0 Å². The Morgan fingerprint density at radius 3 is 2.94 bits per heavy atom. The Bertz CT molecular complexity index is 445. The molecular weight excluding hydrogens is 202 g/mol. The predicted octanol–water partition coefficient (Wildman–Crippen LogP) is 1.64. The third-order valence-electron chi connectivity index (χ3n) is 2.68. The lowest BCUT2D eigenvalue weighted by molar-refractivity contribution is 0.271. The second-order valence-corrected chi connectivity index (χ2v) is 3.86. The molecule has 0 bridgehead atoms. The number of hydrogen-bond donors (Lipinski definition) is 1. The maximum Gasteiger partial charge on any atom is 0.0948 e. The fourth-order valence-electron chi connectivity index (χ4n) is 1.84. The standard InChI is InChI=1S/C12H17N3O/c1-2-5-15-10-13-7-12(15)8-14-6-3-4-11(14)9-16/h3-4,6-7,10,16H,2,5,8-9H2,1H3. The van der Waals surface area contributed by atoms with Crippen LogP contribution in [0.2, 0.25) is 0 Å². The molecule has 0 aliphatic rings. The average molecular weight is 219 g/mol. The van der Waals surface area contributed by atoms with Gasteiger partial charge in [0.2, 0.25) is 0 Å². The third kappa shape index (κ3) is 2.17. The van der Waals surface area contributed by atoms with Gasteiger partial charge in [-0.3, -0.25) is 0 Å². The SMILES string of the molecule is CCCn1cncc1Cn1cccc1CO. The van der Waals surface area contributed by atoms with Crippen LogP contribution in [0.1, 0.15) is 24.7 Å². The van der Waals surface area contributed by atoms with E-state index in [0.29, 0.717) is 0 Å². The van der Waals surface area contributed by atoms with Gasteiger partial charge in [0.05, 0.1) is 25.2 Å². The molecule has 4 heteroatoms. The molecule has 4 nitrogen and oxygen atoms in total. The maximum absolute atomic E-state index is 9.17. The third-order valence-corrected chi connectivity index (χ3v) is 2.68. The van der Waals surface area contributed by atoms with Gasteiger partial charge in [-0.2, -0.15) is 0 Å². The van der Waals surface area contributed by atoms with Crippen molar-refractivity contribution in [2.75, 3.05) is 0 Å². The zero-order valence-corrected chi connectivity index (χ0v) is 9.50. The summed E-state index contributed by atoms with van der Waals surface area (Å²) in [4.78, 5) is 4.16. The van der Waals surface area contributed by atoms with Crippen LogP contribution in [0.5, 0.6) is 0 Å². The lowest BCUT2D eigenvalue weighted by Crippen LogP contribution is -2.08. The highest BCUT2D eigenvalue weighted by Gasteiger charge is 2.04. The molecule has 0 unspecified atom stereocenters. The number of rotatable bonds is 5. The number of aryl methyl sites for hydroxylation is 1. The number of aromatic nitrogens is 3. The maximum atomic E-state index is 9.17. The van der Waals surface area contributed by atoms with Crippen molar-refractivity contribution < 1.29 is 5.11 Å². The van der Waals surface area contributed by atoms with Crippen LogP contribution in [0.25, 0.3) is 0 Å². The first-order chi connectivity index (χ1) is 7.85. The summed E-state index contributed by atoms with van der Waals surface area (Å²) in [5, 5.41) is 9.17. The molecule has 2 rings (SSSR count). The summed E-state index contributed by atoms with van der Waals surface area (Å²) >= 11 is 0. The van der Waals surface area contributed by atoms with E-state index in [4.69, 9.17) is 5.11 Å². The van der Waals surface area contributed by atoms with Gasteiger partial charge in [-0.15, -0.1) is 0 Å². The molecule has 86 valence electrons. The lowest BCUT2D eigenvalue weighted by atomic mass is 10.4. The average Bonchev–Trinajstić information content (AvgIpc) is 2.89. The molecule has 0 atom stereocenters. The molecule has 2 aromatic rings. The van der Waals surface area contributed by atoms with E-state index in [1.54, 1.807) is 0 Å². The first-order valence-electron chi connectivity index (χ1n) is 5.59. The lowest BCUT2D eigenvalue weighted by Gasteiger charge is -2.10.